The van der Waals surface area contributed by atoms with Crippen molar-refractivity contribution in [3.63, 3.8) is 0 Å². The van der Waals surface area contributed by atoms with Crippen LogP contribution in [-0.2, 0) is 26.1 Å². The molecule has 0 unspecified atom stereocenters. The van der Waals surface area contributed by atoms with Crippen LogP contribution >= 0.6 is 0 Å². The summed E-state index contributed by atoms with van der Waals surface area (Å²) in [4.78, 5) is 10.3. The third-order valence-corrected chi connectivity index (χ3v) is 2.33. The van der Waals surface area contributed by atoms with Gasteiger partial charge in [-0.25, -0.2) is 0 Å². The first-order valence-corrected chi connectivity index (χ1v) is 4.80. The average molecular weight is 316 g/mol. The van der Waals surface area contributed by atoms with Gasteiger partial charge in [0.15, 0.2) is 0 Å². The van der Waals surface area contributed by atoms with Crippen molar-refractivity contribution in [2.75, 3.05) is 6.61 Å². The Bertz CT molecular complexity index is 553. The topological polar surface area (TPSA) is 97.5 Å². The summed E-state index contributed by atoms with van der Waals surface area (Å²) in [6.07, 6.45) is 0. The van der Waals surface area contributed by atoms with Gasteiger partial charge in [-0.15, -0.1) is 0 Å². The van der Waals surface area contributed by atoms with Gasteiger partial charge in [0.05, 0.1) is 0 Å². The van der Waals surface area contributed by atoms with E-state index in [1.165, 1.54) is 9.15 Å². The third-order valence-electron chi connectivity index (χ3n) is 1.84. The molecular weight excluding hydrogens is 310 g/mol. The first-order valence-electron chi connectivity index (χ1n) is 4.14. The van der Waals surface area contributed by atoms with Gasteiger partial charge in [-0.3, -0.25) is 0 Å². The van der Waals surface area contributed by atoms with E-state index in [2.05, 4.69) is 31.6 Å². The number of carboxylic acids is 1. The monoisotopic (exact) mass is 315 g/mol. The fourth-order valence-corrected chi connectivity index (χ4v) is 1.50. The second-order valence-corrected chi connectivity index (χ2v) is 3.51. The van der Waals surface area contributed by atoms with E-state index < -0.39 is 12.6 Å². The van der Waals surface area contributed by atoms with Crippen molar-refractivity contribution >= 4 is 17.0 Å². The molecule has 0 spiro atoms. The van der Waals surface area contributed by atoms with Crippen LogP contribution in [0.25, 0.3) is 11.0 Å². The molecule has 2 N–H and O–H groups in total. The maximum atomic E-state index is 10.3. The number of hydrogen-bond acceptors (Lipinski definition) is 5. The minimum atomic E-state index is -1.12. The fraction of sp³-hybridized carbons (Fsp3) is 0.125. The summed E-state index contributed by atoms with van der Waals surface area (Å²) < 4.78 is 6.18. The number of carbonyl (C=O) groups is 1. The number of ether oxygens (including phenoxy) is 1. The van der Waals surface area contributed by atoms with E-state index >= 15 is 0 Å². The molecule has 0 fully saturated rings. The molecular formula is C8H6AgN3O4. The Hall–Kier alpha value is -1.57. The van der Waals surface area contributed by atoms with E-state index in [0.717, 1.165) is 0 Å². The Balaban J connectivity index is 2.40. The van der Waals surface area contributed by atoms with Crippen molar-refractivity contribution in [1.82, 2.24) is 13.4 Å². The van der Waals surface area contributed by atoms with Crippen LogP contribution < -0.4 is 4.74 Å². The van der Waals surface area contributed by atoms with E-state index in [-0.39, 0.29) is 17.0 Å². The van der Waals surface area contributed by atoms with E-state index in [1.807, 2.05) is 0 Å². The van der Waals surface area contributed by atoms with Gasteiger partial charge in [-0.05, 0) is 0 Å². The van der Waals surface area contributed by atoms with Crippen molar-refractivity contribution < 1.29 is 41.1 Å². The van der Waals surface area contributed by atoms with Crippen LogP contribution in [-0.4, -0.2) is 36.2 Å². The molecule has 7 nitrogen and oxygen atoms in total. The molecule has 0 saturated carbocycles. The number of carboxylic acid groups (broad SMARTS) is 1. The molecule has 1 aromatic carbocycles. The molecule has 2 rings (SSSR count). The van der Waals surface area contributed by atoms with Crippen LogP contribution in [0.3, 0.4) is 0 Å². The number of rotatable bonds is 3. The summed E-state index contributed by atoms with van der Waals surface area (Å²) in [5.41, 5.74) is 0.790. The molecule has 0 bridgehead atoms. The molecule has 2 aromatic rings. The Morgan fingerprint density at radius 3 is 3.00 bits per heavy atom. The van der Waals surface area contributed by atoms with Crippen molar-refractivity contribution in [3.05, 3.63) is 12.1 Å². The van der Waals surface area contributed by atoms with E-state index in [0.29, 0.717) is 5.52 Å². The van der Waals surface area contributed by atoms with Crippen LogP contribution in [0.2, 0.25) is 0 Å². The minimum absolute atomic E-state index is 0.0580. The number of aromatic nitrogens is 3. The quantitative estimate of drug-likeness (QED) is 0.768. The summed E-state index contributed by atoms with van der Waals surface area (Å²) in [6, 6.07) is 3.04. The molecule has 16 heavy (non-hydrogen) atoms. The van der Waals surface area contributed by atoms with Crippen LogP contribution in [0.15, 0.2) is 12.1 Å². The molecule has 0 aliphatic rings. The number of hydrogen-bond donors (Lipinski definition) is 2. The average Bonchev–Trinajstić information content (AvgIpc) is 2.60. The van der Waals surface area contributed by atoms with Crippen molar-refractivity contribution in [2.24, 2.45) is 0 Å². The maximum absolute atomic E-state index is 10.3. The van der Waals surface area contributed by atoms with E-state index in [4.69, 9.17) is 9.84 Å². The predicted molar refractivity (Wildman–Crippen MR) is 47.7 cm³/mol. The standard InChI is InChI=1S/C8H7N3O4.Ag/c12-6(13)3-15-5-2-1-4-7(8(5)14)10-11-9-4;/h1-2H,3H2,(H3,9,10,11,12,13,14);/q;+1/p-1. The molecule has 1 aromatic heterocycles. The molecule has 88 valence electrons. The molecule has 1 heterocycles. The number of aliphatic carboxylic acids is 1. The van der Waals surface area contributed by atoms with Gasteiger partial charge in [0, 0.05) is 0 Å². The fourth-order valence-electron chi connectivity index (χ4n) is 1.17. The molecule has 0 radical (unpaired) electrons. The second-order valence-electron chi connectivity index (χ2n) is 2.88. The first-order chi connectivity index (χ1) is 7.59. The second kappa shape index (κ2) is 4.12. The van der Waals surface area contributed by atoms with E-state index in [9.17, 15) is 9.90 Å². The number of fused-ring (bicyclic) bond motifs is 1. The third kappa shape index (κ3) is 1.88. The molecule has 0 atom stereocenters. The number of aromatic hydroxyl groups is 1. The number of phenolic OH excluding ortho intramolecular Hbond substituents is 1. The summed E-state index contributed by atoms with van der Waals surface area (Å²) in [5, 5.41) is 25.5. The Labute approximate surface area is 102 Å². The van der Waals surface area contributed by atoms with Gasteiger partial charge in [0.2, 0.25) is 0 Å². The van der Waals surface area contributed by atoms with Crippen molar-refractivity contribution in [3.8, 4) is 11.5 Å². The summed E-state index contributed by atoms with van der Waals surface area (Å²) in [7, 11) is 0. The summed E-state index contributed by atoms with van der Waals surface area (Å²) in [5.74, 6) is -1.30. The molecule has 0 aliphatic heterocycles. The van der Waals surface area contributed by atoms with E-state index in [1.54, 1.807) is 6.07 Å². The van der Waals surface area contributed by atoms with Crippen molar-refractivity contribution in [2.45, 2.75) is 0 Å². The van der Waals surface area contributed by atoms with Crippen LogP contribution in [0.4, 0.5) is 0 Å². The SMILES string of the molecule is O=C(O)COc1ccc2c(nn[n]2[Ag])c1O. The van der Waals surface area contributed by atoms with Gasteiger partial charge in [0.25, 0.3) is 0 Å². The summed E-state index contributed by atoms with van der Waals surface area (Å²) >= 11 is 3.10. The molecule has 8 heteroatoms. The Kier molecular flexibility index (Phi) is 2.82. The van der Waals surface area contributed by atoms with Crippen molar-refractivity contribution in [1.29, 1.82) is 0 Å². The van der Waals surface area contributed by atoms with Gasteiger partial charge in [-0.2, -0.15) is 0 Å². The normalized spacial score (nSPS) is 10.6. The Morgan fingerprint density at radius 2 is 2.31 bits per heavy atom. The number of phenols is 1. The Morgan fingerprint density at radius 1 is 1.56 bits per heavy atom. The number of benzene rings is 1. The molecule has 0 saturated heterocycles. The van der Waals surface area contributed by atoms with Gasteiger partial charge >= 0.3 is 102 Å². The zero-order chi connectivity index (χ0) is 11.7. The zero-order valence-electron chi connectivity index (χ0n) is 7.72. The number of nitrogens with zero attached hydrogens (tertiary/aromatic N) is 3. The zero-order valence-corrected chi connectivity index (χ0v) is 9.20. The molecule has 0 amide bonds. The van der Waals surface area contributed by atoms with Crippen LogP contribution in [0.1, 0.15) is 0 Å². The summed E-state index contributed by atoms with van der Waals surface area (Å²) in [6.45, 7) is -0.526. The van der Waals surface area contributed by atoms with Gasteiger partial charge < -0.3 is 0 Å². The predicted octanol–water partition coefficient (Wildman–Crippen LogP) is -0.0898. The van der Waals surface area contributed by atoms with Crippen LogP contribution in [0, 0.1) is 0 Å². The van der Waals surface area contributed by atoms with Crippen LogP contribution in [0.5, 0.6) is 11.5 Å². The first kappa shape index (κ1) is 10.9. The van der Waals surface area contributed by atoms with Gasteiger partial charge in [0.1, 0.15) is 0 Å². The van der Waals surface area contributed by atoms with Gasteiger partial charge in [-0.1, -0.05) is 0 Å². The molecule has 0 aliphatic carbocycles.